The summed E-state index contributed by atoms with van der Waals surface area (Å²) in [6, 6.07) is 5.69. The van der Waals surface area contributed by atoms with Crippen LogP contribution in [0.3, 0.4) is 0 Å². The number of benzene rings is 1. The predicted molar refractivity (Wildman–Crippen MR) is 86.1 cm³/mol. The molecule has 0 saturated heterocycles. The average Bonchev–Trinajstić information content (AvgIpc) is 3.07. The summed E-state index contributed by atoms with van der Waals surface area (Å²) >= 11 is 1.43. The van der Waals surface area contributed by atoms with Crippen molar-refractivity contribution >= 4 is 27.9 Å². The van der Waals surface area contributed by atoms with E-state index in [9.17, 15) is 9.18 Å². The first kappa shape index (κ1) is 15.5. The van der Waals surface area contributed by atoms with Crippen molar-refractivity contribution in [1.82, 2.24) is 19.8 Å². The number of carbonyl (C=O) groups is 1. The van der Waals surface area contributed by atoms with Crippen LogP contribution in [0.5, 0.6) is 0 Å². The second-order valence-electron chi connectivity index (χ2n) is 5.46. The Bertz CT molecular complexity index is 824. The molecule has 8 heteroatoms. The SMILES string of the molecule is CC(C)c1nnc2sc(CCC(=O)Nc3ccc(F)cc3)nn12. The molecule has 0 bridgehead atoms. The molecule has 2 heterocycles. The monoisotopic (exact) mass is 333 g/mol. The first-order valence-corrected chi connectivity index (χ1v) is 8.11. The van der Waals surface area contributed by atoms with Crippen LogP contribution in [0, 0.1) is 5.82 Å². The first-order valence-electron chi connectivity index (χ1n) is 7.29. The van der Waals surface area contributed by atoms with Crippen molar-refractivity contribution in [2.45, 2.75) is 32.6 Å². The van der Waals surface area contributed by atoms with E-state index in [1.54, 1.807) is 4.52 Å². The molecule has 2 aromatic heterocycles. The van der Waals surface area contributed by atoms with Crippen molar-refractivity contribution in [1.29, 1.82) is 0 Å². The number of amides is 1. The third-order valence-corrected chi connectivity index (χ3v) is 4.23. The maximum absolute atomic E-state index is 12.8. The molecule has 1 aromatic carbocycles. The van der Waals surface area contributed by atoms with Crippen LogP contribution in [0.15, 0.2) is 24.3 Å². The van der Waals surface area contributed by atoms with Gasteiger partial charge in [-0.15, -0.1) is 10.2 Å². The van der Waals surface area contributed by atoms with Gasteiger partial charge in [0.2, 0.25) is 10.9 Å². The summed E-state index contributed by atoms with van der Waals surface area (Å²) in [7, 11) is 0. The molecule has 120 valence electrons. The Labute approximate surface area is 136 Å². The van der Waals surface area contributed by atoms with E-state index >= 15 is 0 Å². The average molecular weight is 333 g/mol. The molecule has 0 unspecified atom stereocenters. The van der Waals surface area contributed by atoms with Gasteiger partial charge in [-0.3, -0.25) is 4.79 Å². The van der Waals surface area contributed by atoms with Gasteiger partial charge in [-0.2, -0.15) is 9.61 Å². The van der Waals surface area contributed by atoms with Crippen LogP contribution >= 0.6 is 11.3 Å². The number of aromatic nitrogens is 4. The topological polar surface area (TPSA) is 72.2 Å². The third kappa shape index (κ3) is 3.53. The molecule has 0 aliphatic heterocycles. The molecule has 0 aliphatic rings. The van der Waals surface area contributed by atoms with Crippen LogP contribution in [0.2, 0.25) is 0 Å². The van der Waals surface area contributed by atoms with E-state index in [1.807, 2.05) is 13.8 Å². The highest BCUT2D eigenvalue weighted by molar-refractivity contribution is 7.16. The summed E-state index contributed by atoms with van der Waals surface area (Å²) < 4.78 is 14.6. The van der Waals surface area contributed by atoms with Gasteiger partial charge in [0, 0.05) is 24.4 Å². The van der Waals surface area contributed by atoms with Crippen molar-refractivity contribution < 1.29 is 9.18 Å². The minimum Gasteiger partial charge on any atom is -0.326 e. The van der Waals surface area contributed by atoms with Gasteiger partial charge in [-0.1, -0.05) is 25.2 Å². The molecule has 3 aromatic rings. The lowest BCUT2D eigenvalue weighted by molar-refractivity contribution is -0.116. The zero-order chi connectivity index (χ0) is 16.4. The van der Waals surface area contributed by atoms with Gasteiger partial charge in [-0.05, 0) is 24.3 Å². The number of hydrogen-bond donors (Lipinski definition) is 1. The van der Waals surface area contributed by atoms with E-state index in [0.29, 0.717) is 18.5 Å². The highest BCUT2D eigenvalue weighted by Gasteiger charge is 2.14. The fourth-order valence-corrected chi connectivity index (χ4v) is 2.95. The molecular formula is C15H16FN5OS. The van der Waals surface area contributed by atoms with Gasteiger partial charge in [-0.25, -0.2) is 4.39 Å². The molecule has 0 saturated carbocycles. The standard InChI is InChI=1S/C15H16FN5OS/c1-9(2)14-18-19-15-21(14)20-13(23-15)8-7-12(22)17-11-5-3-10(16)4-6-11/h3-6,9H,7-8H2,1-2H3,(H,17,22). The maximum atomic E-state index is 12.8. The van der Waals surface area contributed by atoms with E-state index in [0.717, 1.165) is 15.8 Å². The summed E-state index contributed by atoms with van der Waals surface area (Å²) in [4.78, 5) is 12.7. The number of carbonyl (C=O) groups excluding carboxylic acids is 1. The van der Waals surface area contributed by atoms with Gasteiger partial charge >= 0.3 is 0 Å². The number of fused-ring (bicyclic) bond motifs is 1. The van der Waals surface area contributed by atoms with Gasteiger partial charge in [0.25, 0.3) is 0 Å². The number of anilines is 1. The first-order chi connectivity index (χ1) is 11.0. The molecule has 0 fully saturated rings. The number of hydrogen-bond acceptors (Lipinski definition) is 5. The quantitative estimate of drug-likeness (QED) is 0.779. The van der Waals surface area contributed by atoms with Crippen LogP contribution in [0.25, 0.3) is 4.96 Å². The lowest BCUT2D eigenvalue weighted by Gasteiger charge is -2.03. The molecule has 6 nitrogen and oxygen atoms in total. The lowest BCUT2D eigenvalue weighted by Crippen LogP contribution is -2.12. The number of nitrogens with one attached hydrogen (secondary N) is 1. The van der Waals surface area contributed by atoms with E-state index in [-0.39, 0.29) is 17.6 Å². The van der Waals surface area contributed by atoms with Crippen molar-refractivity contribution in [3.63, 3.8) is 0 Å². The Morgan fingerprint density at radius 2 is 2.04 bits per heavy atom. The molecule has 3 rings (SSSR count). The van der Waals surface area contributed by atoms with Gasteiger partial charge in [0.15, 0.2) is 5.82 Å². The van der Waals surface area contributed by atoms with E-state index in [1.165, 1.54) is 35.6 Å². The number of halogens is 1. The predicted octanol–water partition coefficient (Wildman–Crippen LogP) is 3.02. The third-order valence-electron chi connectivity index (χ3n) is 3.27. The second-order valence-corrected chi connectivity index (χ2v) is 6.50. The maximum Gasteiger partial charge on any atom is 0.234 e. The van der Waals surface area contributed by atoms with Crippen molar-refractivity contribution in [3.8, 4) is 0 Å². The minimum atomic E-state index is -0.330. The number of rotatable bonds is 5. The number of aryl methyl sites for hydroxylation is 1. The normalized spacial score (nSPS) is 11.3. The molecule has 1 amide bonds. The molecule has 0 atom stereocenters. The van der Waals surface area contributed by atoms with Crippen LogP contribution in [0.4, 0.5) is 10.1 Å². The highest BCUT2D eigenvalue weighted by atomic mass is 32.1. The van der Waals surface area contributed by atoms with E-state index < -0.39 is 0 Å². The Morgan fingerprint density at radius 1 is 1.30 bits per heavy atom. The van der Waals surface area contributed by atoms with Crippen LogP contribution in [-0.2, 0) is 11.2 Å². The van der Waals surface area contributed by atoms with Gasteiger partial charge in [0.1, 0.15) is 10.8 Å². The molecular weight excluding hydrogens is 317 g/mol. The summed E-state index contributed by atoms with van der Waals surface area (Å²) in [6.07, 6.45) is 0.830. The van der Waals surface area contributed by atoms with E-state index in [2.05, 4.69) is 20.6 Å². The van der Waals surface area contributed by atoms with Crippen molar-refractivity contribution in [3.05, 3.63) is 40.9 Å². The highest BCUT2D eigenvalue weighted by Crippen LogP contribution is 2.19. The zero-order valence-electron chi connectivity index (χ0n) is 12.8. The van der Waals surface area contributed by atoms with Crippen LogP contribution in [0.1, 0.15) is 37.0 Å². The van der Waals surface area contributed by atoms with Gasteiger partial charge in [0.05, 0.1) is 0 Å². The summed E-state index contributed by atoms with van der Waals surface area (Å²) in [6.45, 7) is 4.07. The number of nitrogens with zero attached hydrogens (tertiary/aromatic N) is 4. The largest absolute Gasteiger partial charge is 0.326 e. The van der Waals surface area contributed by atoms with E-state index in [4.69, 9.17) is 0 Å². The molecule has 0 radical (unpaired) electrons. The Hall–Kier alpha value is -2.35. The minimum absolute atomic E-state index is 0.133. The Kier molecular flexibility index (Phi) is 4.33. The smallest absolute Gasteiger partial charge is 0.234 e. The Morgan fingerprint density at radius 3 is 2.74 bits per heavy atom. The van der Waals surface area contributed by atoms with Crippen molar-refractivity contribution in [2.24, 2.45) is 0 Å². The second kappa shape index (κ2) is 6.41. The van der Waals surface area contributed by atoms with Gasteiger partial charge < -0.3 is 5.32 Å². The molecule has 0 aliphatic carbocycles. The van der Waals surface area contributed by atoms with Crippen LogP contribution < -0.4 is 5.32 Å². The fraction of sp³-hybridized carbons (Fsp3) is 0.333. The summed E-state index contributed by atoms with van der Waals surface area (Å²) in [5.41, 5.74) is 0.580. The molecule has 1 N–H and O–H groups in total. The summed E-state index contributed by atoms with van der Waals surface area (Å²) in [5.74, 6) is 0.593. The summed E-state index contributed by atoms with van der Waals surface area (Å²) in [5, 5.41) is 16.2. The fourth-order valence-electron chi connectivity index (χ4n) is 2.11. The van der Waals surface area contributed by atoms with Crippen molar-refractivity contribution in [2.75, 3.05) is 5.32 Å². The van der Waals surface area contributed by atoms with Crippen LogP contribution in [-0.4, -0.2) is 25.7 Å². The molecule has 0 spiro atoms. The zero-order valence-corrected chi connectivity index (χ0v) is 13.6. The lowest BCUT2D eigenvalue weighted by atomic mass is 10.2. The Balaban J connectivity index is 1.61. The molecule has 23 heavy (non-hydrogen) atoms.